The van der Waals surface area contributed by atoms with Crippen molar-refractivity contribution in [1.82, 2.24) is 5.32 Å². The topological polar surface area (TPSA) is 41.5 Å². The highest BCUT2D eigenvalue weighted by Gasteiger charge is 2.32. The fourth-order valence-corrected chi connectivity index (χ4v) is 3.12. The average molecular weight is 301 g/mol. The van der Waals surface area contributed by atoms with Gasteiger partial charge in [-0.3, -0.25) is 0 Å². The number of hydrogen-bond acceptors (Lipinski definition) is 3. The first-order chi connectivity index (χ1) is 10.6. The summed E-state index contributed by atoms with van der Waals surface area (Å²) in [6.07, 6.45) is 0.146. The predicted molar refractivity (Wildman–Crippen MR) is 83.4 cm³/mol. The molecular weight excluding hydrogens is 281 g/mol. The number of fused-ring (bicyclic) bond motifs is 1. The standard InChI is InChI=1S/C18H20FNO2/c1-11(14-8-7-13(22-2)10-16(14)19)20-18-15-6-4-3-5-12(15)9-17(18)21/h3-8,10-11,17-18,20-21H,9H2,1-2H3. The number of hydrogen-bond donors (Lipinski definition) is 2. The maximum atomic E-state index is 14.2. The van der Waals surface area contributed by atoms with Crippen molar-refractivity contribution in [3.8, 4) is 5.75 Å². The van der Waals surface area contributed by atoms with Gasteiger partial charge >= 0.3 is 0 Å². The second-order valence-electron chi connectivity index (χ2n) is 5.72. The van der Waals surface area contributed by atoms with Crippen molar-refractivity contribution in [2.75, 3.05) is 7.11 Å². The van der Waals surface area contributed by atoms with Crippen LogP contribution in [0.15, 0.2) is 42.5 Å². The molecule has 1 aliphatic carbocycles. The van der Waals surface area contributed by atoms with Crippen molar-refractivity contribution in [3.05, 3.63) is 65.0 Å². The van der Waals surface area contributed by atoms with Gasteiger partial charge in [0.25, 0.3) is 0 Å². The number of benzene rings is 2. The summed E-state index contributed by atoms with van der Waals surface area (Å²) in [6, 6.07) is 12.4. The highest BCUT2D eigenvalue weighted by atomic mass is 19.1. The second-order valence-corrected chi connectivity index (χ2v) is 5.72. The molecule has 0 radical (unpaired) electrons. The zero-order valence-electron chi connectivity index (χ0n) is 12.7. The summed E-state index contributed by atoms with van der Waals surface area (Å²) in [5.41, 5.74) is 2.81. The molecule has 4 heteroatoms. The van der Waals surface area contributed by atoms with E-state index in [1.54, 1.807) is 12.1 Å². The number of aliphatic hydroxyl groups excluding tert-OH is 1. The maximum absolute atomic E-state index is 14.2. The summed E-state index contributed by atoms with van der Waals surface area (Å²) in [5.74, 6) is 0.194. The Morgan fingerprint density at radius 3 is 2.77 bits per heavy atom. The van der Waals surface area contributed by atoms with E-state index in [0.29, 0.717) is 17.7 Å². The Hall–Kier alpha value is -1.91. The van der Waals surface area contributed by atoms with Crippen molar-refractivity contribution in [2.24, 2.45) is 0 Å². The zero-order valence-corrected chi connectivity index (χ0v) is 12.7. The van der Waals surface area contributed by atoms with Crippen LogP contribution in [0.1, 0.15) is 35.7 Å². The molecule has 0 amide bonds. The van der Waals surface area contributed by atoms with Crippen LogP contribution < -0.4 is 10.1 Å². The smallest absolute Gasteiger partial charge is 0.131 e. The van der Waals surface area contributed by atoms with Crippen LogP contribution in [-0.4, -0.2) is 18.3 Å². The fourth-order valence-electron chi connectivity index (χ4n) is 3.12. The van der Waals surface area contributed by atoms with Gasteiger partial charge in [-0.05, 0) is 24.1 Å². The molecule has 0 aromatic heterocycles. The molecule has 0 heterocycles. The Labute approximate surface area is 129 Å². The van der Waals surface area contributed by atoms with Crippen molar-refractivity contribution in [2.45, 2.75) is 31.5 Å². The Morgan fingerprint density at radius 2 is 2.05 bits per heavy atom. The molecular formula is C18H20FNO2. The molecule has 0 fully saturated rings. The van der Waals surface area contributed by atoms with E-state index in [0.717, 1.165) is 11.1 Å². The number of methoxy groups -OCH3 is 1. The number of halogens is 1. The van der Waals surface area contributed by atoms with E-state index >= 15 is 0 Å². The van der Waals surface area contributed by atoms with Crippen LogP contribution in [0.2, 0.25) is 0 Å². The molecule has 0 saturated heterocycles. The van der Waals surface area contributed by atoms with Crippen LogP contribution >= 0.6 is 0 Å². The van der Waals surface area contributed by atoms with Gasteiger partial charge in [0.2, 0.25) is 0 Å². The van der Waals surface area contributed by atoms with E-state index in [1.165, 1.54) is 13.2 Å². The first-order valence-electron chi connectivity index (χ1n) is 7.45. The summed E-state index contributed by atoms with van der Waals surface area (Å²) in [7, 11) is 1.52. The number of ether oxygens (including phenoxy) is 1. The number of aliphatic hydroxyl groups is 1. The van der Waals surface area contributed by atoms with Gasteiger partial charge < -0.3 is 15.2 Å². The molecule has 0 bridgehead atoms. The molecule has 0 aliphatic heterocycles. The van der Waals surface area contributed by atoms with Gasteiger partial charge in [-0.1, -0.05) is 30.3 Å². The monoisotopic (exact) mass is 301 g/mol. The molecule has 3 rings (SSSR count). The summed E-state index contributed by atoms with van der Waals surface area (Å²) >= 11 is 0. The highest BCUT2D eigenvalue weighted by Crippen LogP contribution is 2.33. The van der Waals surface area contributed by atoms with Crippen LogP contribution in [0.5, 0.6) is 5.75 Å². The van der Waals surface area contributed by atoms with Crippen molar-refractivity contribution in [1.29, 1.82) is 0 Å². The third-order valence-corrected chi connectivity index (χ3v) is 4.31. The van der Waals surface area contributed by atoms with Crippen molar-refractivity contribution < 1.29 is 14.2 Å². The Kier molecular flexibility index (Phi) is 4.14. The molecule has 2 N–H and O–H groups in total. The van der Waals surface area contributed by atoms with E-state index in [2.05, 4.69) is 5.32 Å². The first-order valence-corrected chi connectivity index (χ1v) is 7.45. The third kappa shape index (κ3) is 2.72. The molecule has 116 valence electrons. The van der Waals surface area contributed by atoms with Gasteiger partial charge in [-0.2, -0.15) is 0 Å². The largest absolute Gasteiger partial charge is 0.497 e. The molecule has 0 spiro atoms. The Morgan fingerprint density at radius 1 is 1.27 bits per heavy atom. The van der Waals surface area contributed by atoms with Gasteiger partial charge in [-0.25, -0.2) is 4.39 Å². The maximum Gasteiger partial charge on any atom is 0.131 e. The summed E-state index contributed by atoms with van der Waals surface area (Å²) in [4.78, 5) is 0. The number of nitrogens with one attached hydrogen (secondary N) is 1. The summed E-state index contributed by atoms with van der Waals surface area (Å²) in [5, 5.41) is 13.6. The minimum atomic E-state index is -0.485. The predicted octanol–water partition coefficient (Wildman–Crippen LogP) is 3.14. The normalized spacial score (nSPS) is 21.5. The SMILES string of the molecule is COc1ccc(C(C)NC2c3ccccc3CC2O)c(F)c1. The van der Waals surface area contributed by atoms with Crippen LogP contribution in [0, 0.1) is 5.82 Å². The lowest BCUT2D eigenvalue weighted by Gasteiger charge is -2.24. The van der Waals surface area contributed by atoms with Crippen LogP contribution in [0.25, 0.3) is 0 Å². The van der Waals surface area contributed by atoms with Gasteiger partial charge in [0.05, 0.1) is 19.3 Å². The molecule has 0 saturated carbocycles. The molecule has 1 aliphatic rings. The van der Waals surface area contributed by atoms with E-state index in [-0.39, 0.29) is 17.9 Å². The van der Waals surface area contributed by atoms with Gasteiger partial charge in [0, 0.05) is 24.1 Å². The summed E-state index contributed by atoms with van der Waals surface area (Å²) in [6.45, 7) is 1.90. The lowest BCUT2D eigenvalue weighted by Crippen LogP contribution is -2.31. The molecule has 3 nitrogen and oxygen atoms in total. The third-order valence-electron chi connectivity index (χ3n) is 4.31. The first kappa shape index (κ1) is 15.0. The second kappa shape index (κ2) is 6.07. The molecule has 3 atom stereocenters. The van der Waals surface area contributed by atoms with Crippen molar-refractivity contribution >= 4 is 0 Å². The minimum Gasteiger partial charge on any atom is -0.497 e. The van der Waals surface area contributed by atoms with Crippen molar-refractivity contribution in [3.63, 3.8) is 0 Å². The molecule has 3 unspecified atom stereocenters. The molecule has 22 heavy (non-hydrogen) atoms. The van der Waals surface area contributed by atoms with E-state index in [9.17, 15) is 9.50 Å². The fraction of sp³-hybridized carbons (Fsp3) is 0.333. The minimum absolute atomic E-state index is 0.173. The van der Waals surface area contributed by atoms with Crippen LogP contribution in [-0.2, 0) is 6.42 Å². The van der Waals surface area contributed by atoms with E-state index < -0.39 is 6.10 Å². The van der Waals surface area contributed by atoms with E-state index in [4.69, 9.17) is 4.74 Å². The quantitative estimate of drug-likeness (QED) is 0.911. The summed E-state index contributed by atoms with van der Waals surface area (Å²) < 4.78 is 19.2. The van der Waals surface area contributed by atoms with E-state index in [1.807, 2.05) is 31.2 Å². The van der Waals surface area contributed by atoms with Gasteiger partial charge in [0.1, 0.15) is 11.6 Å². The lowest BCUT2D eigenvalue weighted by molar-refractivity contribution is 0.135. The van der Waals surface area contributed by atoms with Gasteiger partial charge in [-0.15, -0.1) is 0 Å². The lowest BCUT2D eigenvalue weighted by atomic mass is 10.0. The highest BCUT2D eigenvalue weighted by molar-refractivity contribution is 5.37. The van der Waals surface area contributed by atoms with Crippen LogP contribution in [0.4, 0.5) is 4.39 Å². The Balaban J connectivity index is 1.81. The molecule has 2 aromatic carbocycles. The Bertz CT molecular complexity index is 674. The zero-order chi connectivity index (χ0) is 15.7. The molecule has 2 aromatic rings. The van der Waals surface area contributed by atoms with Crippen LogP contribution in [0.3, 0.4) is 0 Å². The average Bonchev–Trinajstić information content (AvgIpc) is 2.83. The van der Waals surface area contributed by atoms with Gasteiger partial charge in [0.15, 0.2) is 0 Å². The number of rotatable bonds is 4.